The number of nitrogens with two attached hydrogens (primary N) is 1. The summed E-state index contributed by atoms with van der Waals surface area (Å²) in [6, 6.07) is 0.925. The topological polar surface area (TPSA) is 26.0 Å². The van der Waals surface area contributed by atoms with Crippen molar-refractivity contribution in [2.45, 2.75) is 45.1 Å². The molecule has 100 valence electrons. The van der Waals surface area contributed by atoms with Gasteiger partial charge in [0.1, 0.15) is 5.82 Å². The van der Waals surface area contributed by atoms with E-state index >= 15 is 0 Å². The van der Waals surface area contributed by atoms with Crippen molar-refractivity contribution >= 4 is 0 Å². The first kappa shape index (κ1) is 13.4. The highest BCUT2D eigenvalue weighted by Crippen LogP contribution is 2.49. The third-order valence-electron chi connectivity index (χ3n) is 4.34. The maximum absolute atomic E-state index is 13.8. The smallest absolute Gasteiger partial charge is 0.161 e. The summed E-state index contributed by atoms with van der Waals surface area (Å²) in [6.45, 7) is 2.02. The molecule has 2 N–H and O–H groups in total. The molecule has 1 saturated carbocycles. The molecule has 0 bridgehead atoms. The van der Waals surface area contributed by atoms with Crippen molar-refractivity contribution in [1.82, 2.24) is 0 Å². The van der Waals surface area contributed by atoms with Gasteiger partial charge in [0.05, 0.1) is 0 Å². The van der Waals surface area contributed by atoms with Gasteiger partial charge in [-0.05, 0) is 30.7 Å². The maximum atomic E-state index is 13.8. The predicted molar refractivity (Wildman–Crippen MR) is 64.4 cm³/mol. The molecule has 2 rings (SSSR count). The quantitative estimate of drug-likeness (QED) is 0.811. The molecule has 4 heteroatoms. The van der Waals surface area contributed by atoms with E-state index in [1.54, 1.807) is 0 Å². The van der Waals surface area contributed by atoms with Crippen LogP contribution < -0.4 is 5.73 Å². The Morgan fingerprint density at radius 3 is 2.22 bits per heavy atom. The molecule has 0 heterocycles. The Kier molecular flexibility index (Phi) is 3.66. The highest BCUT2D eigenvalue weighted by molar-refractivity contribution is 5.25. The van der Waals surface area contributed by atoms with Crippen LogP contribution in [-0.4, -0.2) is 0 Å². The van der Waals surface area contributed by atoms with E-state index in [2.05, 4.69) is 0 Å². The largest absolute Gasteiger partial charge is 0.323 e. The molecule has 1 unspecified atom stereocenters. The van der Waals surface area contributed by atoms with Gasteiger partial charge >= 0.3 is 0 Å². The van der Waals surface area contributed by atoms with E-state index in [-0.39, 0.29) is 11.0 Å². The Morgan fingerprint density at radius 1 is 1.11 bits per heavy atom. The molecule has 1 nitrogen and oxygen atoms in total. The molecule has 1 atom stereocenters. The Labute approximate surface area is 105 Å². The van der Waals surface area contributed by atoms with Crippen LogP contribution in [0.15, 0.2) is 12.1 Å². The normalized spacial score (nSPS) is 20.1. The summed E-state index contributed by atoms with van der Waals surface area (Å²) in [5, 5.41) is 0. The van der Waals surface area contributed by atoms with Crippen LogP contribution in [0.1, 0.15) is 50.6 Å². The Hall–Kier alpha value is -1.03. The summed E-state index contributed by atoms with van der Waals surface area (Å²) in [5.74, 6) is -2.95. The van der Waals surface area contributed by atoms with Crippen molar-refractivity contribution < 1.29 is 13.2 Å². The van der Waals surface area contributed by atoms with Gasteiger partial charge in [0, 0.05) is 17.7 Å². The van der Waals surface area contributed by atoms with E-state index in [9.17, 15) is 13.2 Å². The molecular formula is C14H18F3N. The van der Waals surface area contributed by atoms with Crippen molar-refractivity contribution in [2.75, 3.05) is 0 Å². The minimum Gasteiger partial charge on any atom is -0.323 e. The standard InChI is InChI=1S/C14H18F3N/c1-2-14(5-3-4-6-14)13(18)9-7-11(16)12(17)8-10(9)15/h7-8,13H,2-6,18H2,1H3. The lowest BCUT2D eigenvalue weighted by Gasteiger charge is -2.34. The zero-order chi connectivity index (χ0) is 13.3. The fraction of sp³-hybridized carbons (Fsp3) is 0.571. The van der Waals surface area contributed by atoms with E-state index in [0.717, 1.165) is 38.2 Å². The van der Waals surface area contributed by atoms with Crippen molar-refractivity contribution in [3.63, 3.8) is 0 Å². The first-order valence-electron chi connectivity index (χ1n) is 6.40. The van der Waals surface area contributed by atoms with Crippen molar-refractivity contribution in [3.8, 4) is 0 Å². The van der Waals surface area contributed by atoms with Crippen LogP contribution in [0.25, 0.3) is 0 Å². The van der Waals surface area contributed by atoms with Crippen molar-refractivity contribution in [1.29, 1.82) is 0 Å². The molecule has 0 amide bonds. The van der Waals surface area contributed by atoms with Gasteiger partial charge in [-0.2, -0.15) is 0 Å². The molecule has 0 saturated heterocycles. The average Bonchev–Trinajstić information content (AvgIpc) is 2.83. The van der Waals surface area contributed by atoms with Crippen molar-refractivity contribution in [3.05, 3.63) is 35.1 Å². The number of rotatable bonds is 3. The number of benzene rings is 1. The average molecular weight is 257 g/mol. The predicted octanol–water partition coefficient (Wildman–Crippen LogP) is 4.07. The van der Waals surface area contributed by atoms with Gasteiger partial charge in [-0.1, -0.05) is 19.8 Å². The number of halogens is 3. The highest BCUT2D eigenvalue weighted by Gasteiger charge is 2.39. The second-order valence-corrected chi connectivity index (χ2v) is 5.19. The fourth-order valence-electron chi connectivity index (χ4n) is 3.07. The van der Waals surface area contributed by atoms with Crippen LogP contribution >= 0.6 is 0 Å². The van der Waals surface area contributed by atoms with Crippen LogP contribution in [0, 0.1) is 22.9 Å². The lowest BCUT2D eigenvalue weighted by atomic mass is 9.74. The molecule has 1 aliphatic rings. The van der Waals surface area contributed by atoms with E-state index in [4.69, 9.17) is 5.73 Å². The minimum atomic E-state index is -1.17. The van der Waals surface area contributed by atoms with Gasteiger partial charge in [0.2, 0.25) is 0 Å². The summed E-state index contributed by atoms with van der Waals surface area (Å²) in [5.41, 5.74) is 6.06. The molecule has 0 aliphatic heterocycles. The molecule has 0 aromatic heterocycles. The Bertz CT molecular complexity index is 439. The van der Waals surface area contributed by atoms with Gasteiger partial charge in [-0.25, -0.2) is 13.2 Å². The van der Waals surface area contributed by atoms with Gasteiger partial charge in [-0.15, -0.1) is 0 Å². The minimum absolute atomic E-state index is 0.0950. The summed E-state index contributed by atoms with van der Waals surface area (Å²) in [7, 11) is 0. The number of hydrogen-bond donors (Lipinski definition) is 1. The monoisotopic (exact) mass is 257 g/mol. The second kappa shape index (κ2) is 4.92. The molecule has 0 radical (unpaired) electrons. The van der Waals surface area contributed by atoms with Gasteiger partial charge in [0.25, 0.3) is 0 Å². The van der Waals surface area contributed by atoms with E-state index in [1.807, 2.05) is 6.92 Å². The van der Waals surface area contributed by atoms with Crippen molar-refractivity contribution in [2.24, 2.45) is 11.1 Å². The SMILES string of the molecule is CCC1(C(N)c2cc(F)c(F)cc2F)CCCC1. The van der Waals surface area contributed by atoms with Crippen LogP contribution in [0.2, 0.25) is 0 Å². The molecule has 18 heavy (non-hydrogen) atoms. The van der Waals surface area contributed by atoms with E-state index in [1.165, 1.54) is 0 Å². The fourth-order valence-corrected chi connectivity index (χ4v) is 3.07. The second-order valence-electron chi connectivity index (χ2n) is 5.19. The Morgan fingerprint density at radius 2 is 1.67 bits per heavy atom. The summed E-state index contributed by atoms with van der Waals surface area (Å²) in [6.07, 6.45) is 4.79. The van der Waals surface area contributed by atoms with Gasteiger partial charge in [-0.3, -0.25) is 0 Å². The summed E-state index contributed by atoms with van der Waals surface area (Å²) < 4.78 is 39.9. The molecular weight excluding hydrogens is 239 g/mol. The lowest BCUT2D eigenvalue weighted by Crippen LogP contribution is -2.32. The van der Waals surface area contributed by atoms with Crippen LogP contribution in [0.3, 0.4) is 0 Å². The maximum Gasteiger partial charge on any atom is 0.161 e. The third-order valence-corrected chi connectivity index (χ3v) is 4.34. The molecule has 1 aromatic carbocycles. The highest BCUT2D eigenvalue weighted by atomic mass is 19.2. The molecule has 1 aromatic rings. The van der Waals surface area contributed by atoms with Gasteiger partial charge in [0.15, 0.2) is 11.6 Å². The molecule has 1 aliphatic carbocycles. The van der Waals surface area contributed by atoms with Crippen LogP contribution in [0.4, 0.5) is 13.2 Å². The molecule has 1 fully saturated rings. The summed E-state index contributed by atoms with van der Waals surface area (Å²) >= 11 is 0. The van der Waals surface area contributed by atoms with Crippen LogP contribution in [-0.2, 0) is 0 Å². The zero-order valence-corrected chi connectivity index (χ0v) is 10.5. The first-order valence-corrected chi connectivity index (χ1v) is 6.40. The third kappa shape index (κ3) is 2.14. The first-order chi connectivity index (χ1) is 8.50. The Balaban J connectivity index is 2.39. The van der Waals surface area contributed by atoms with Crippen LogP contribution in [0.5, 0.6) is 0 Å². The summed E-state index contributed by atoms with van der Waals surface area (Å²) in [4.78, 5) is 0. The lowest BCUT2D eigenvalue weighted by molar-refractivity contribution is 0.217. The van der Waals surface area contributed by atoms with Gasteiger partial charge < -0.3 is 5.73 Å². The molecule has 0 spiro atoms. The van der Waals surface area contributed by atoms with E-state index < -0.39 is 23.5 Å². The number of hydrogen-bond acceptors (Lipinski definition) is 1. The van der Waals surface area contributed by atoms with E-state index in [0.29, 0.717) is 6.07 Å². The zero-order valence-electron chi connectivity index (χ0n) is 10.5.